The van der Waals surface area contributed by atoms with E-state index in [1.807, 2.05) is 35.2 Å². The van der Waals surface area contributed by atoms with Crippen LogP contribution >= 0.6 is 0 Å². The number of aliphatic hydroxyl groups excluding tert-OH is 2. The third-order valence-electron chi connectivity index (χ3n) is 7.64. The lowest BCUT2D eigenvalue weighted by Crippen LogP contribution is -2.58. The number of aromatic hydroxyl groups is 1. The van der Waals surface area contributed by atoms with Crippen molar-refractivity contribution < 1.29 is 34.8 Å². The van der Waals surface area contributed by atoms with Crippen LogP contribution in [-0.2, 0) is 20.8 Å². The molecule has 0 saturated heterocycles. The SMILES string of the molecule is CN(C)c1cc(C#Cc2ccccc2)c(O)c2c1C[C@H]1C[C@H]3CC(=O)C(C(N)=O)=C(O)[C@@]3(O)C(=O)C1=C2O. The molecule has 5 rings (SSSR count). The molecule has 1 amide bonds. The van der Waals surface area contributed by atoms with Gasteiger partial charge in [-0.2, -0.15) is 0 Å². The van der Waals surface area contributed by atoms with Crippen LogP contribution in [0.1, 0.15) is 35.1 Å². The fraction of sp³-hybridized carbons (Fsp3) is 0.276. The van der Waals surface area contributed by atoms with E-state index >= 15 is 0 Å². The number of aliphatic hydroxyl groups is 3. The maximum absolute atomic E-state index is 13.7. The number of carbonyl (C=O) groups is 3. The van der Waals surface area contributed by atoms with Crippen LogP contribution in [0.4, 0.5) is 5.69 Å². The van der Waals surface area contributed by atoms with Crippen molar-refractivity contribution in [1.29, 1.82) is 0 Å². The van der Waals surface area contributed by atoms with Gasteiger partial charge in [0.1, 0.15) is 22.8 Å². The molecule has 9 nitrogen and oxygen atoms in total. The van der Waals surface area contributed by atoms with Gasteiger partial charge < -0.3 is 31.1 Å². The van der Waals surface area contributed by atoms with Crippen LogP contribution in [0.15, 0.2) is 53.3 Å². The lowest BCUT2D eigenvalue weighted by molar-refractivity contribution is -0.147. The molecule has 2 aromatic rings. The molecule has 0 unspecified atom stereocenters. The summed E-state index contributed by atoms with van der Waals surface area (Å²) in [6.07, 6.45) is -0.0598. The number of anilines is 1. The van der Waals surface area contributed by atoms with Gasteiger partial charge in [-0.15, -0.1) is 0 Å². The zero-order valence-electron chi connectivity index (χ0n) is 20.8. The number of fused-ring (bicyclic) bond motifs is 3. The normalized spacial score (nSPS) is 24.2. The summed E-state index contributed by atoms with van der Waals surface area (Å²) < 4.78 is 0. The topological polar surface area (TPSA) is 161 Å². The molecule has 194 valence electrons. The van der Waals surface area contributed by atoms with Crippen LogP contribution < -0.4 is 10.6 Å². The summed E-state index contributed by atoms with van der Waals surface area (Å²) >= 11 is 0. The molecule has 0 aliphatic heterocycles. The van der Waals surface area contributed by atoms with E-state index in [1.54, 1.807) is 20.2 Å². The number of Topliss-reactive ketones (excluding diaryl/α,β-unsaturated/α-hetero) is 2. The van der Waals surface area contributed by atoms with Crippen LogP contribution in [0.5, 0.6) is 5.75 Å². The highest BCUT2D eigenvalue weighted by molar-refractivity contribution is 6.22. The number of hydrogen-bond acceptors (Lipinski definition) is 8. The molecular weight excluding hydrogens is 488 g/mol. The summed E-state index contributed by atoms with van der Waals surface area (Å²) in [5.41, 5.74) is 3.85. The Kier molecular flexibility index (Phi) is 5.80. The van der Waals surface area contributed by atoms with Crippen LogP contribution in [0.2, 0.25) is 0 Å². The minimum absolute atomic E-state index is 0.0145. The molecule has 0 spiro atoms. The number of amides is 1. The highest BCUT2D eigenvalue weighted by Gasteiger charge is 2.60. The Bertz CT molecular complexity index is 1540. The minimum Gasteiger partial charge on any atom is -0.508 e. The highest BCUT2D eigenvalue weighted by atomic mass is 16.3. The summed E-state index contributed by atoms with van der Waals surface area (Å²) in [5, 5.41) is 44.7. The van der Waals surface area contributed by atoms with Gasteiger partial charge in [-0.25, -0.2) is 0 Å². The number of carbonyl (C=O) groups excluding carboxylic acids is 3. The van der Waals surface area contributed by atoms with E-state index in [9.17, 15) is 34.8 Å². The number of ketones is 2. The largest absolute Gasteiger partial charge is 0.508 e. The van der Waals surface area contributed by atoms with Crippen LogP contribution in [0.25, 0.3) is 5.76 Å². The van der Waals surface area contributed by atoms with Crippen molar-refractivity contribution in [2.75, 3.05) is 19.0 Å². The molecule has 0 bridgehead atoms. The number of hydrogen-bond donors (Lipinski definition) is 5. The summed E-state index contributed by atoms with van der Waals surface area (Å²) in [4.78, 5) is 39.8. The average Bonchev–Trinajstić information content (AvgIpc) is 2.86. The smallest absolute Gasteiger partial charge is 0.255 e. The summed E-state index contributed by atoms with van der Waals surface area (Å²) in [6.45, 7) is 0. The fourth-order valence-electron chi connectivity index (χ4n) is 5.82. The van der Waals surface area contributed by atoms with Gasteiger partial charge in [0, 0.05) is 43.3 Å². The summed E-state index contributed by atoms with van der Waals surface area (Å²) in [6, 6.07) is 10.8. The number of nitrogens with zero attached hydrogens (tertiary/aromatic N) is 1. The van der Waals surface area contributed by atoms with E-state index in [0.717, 1.165) is 0 Å². The van der Waals surface area contributed by atoms with E-state index in [-0.39, 0.29) is 41.7 Å². The number of benzene rings is 2. The van der Waals surface area contributed by atoms with E-state index in [2.05, 4.69) is 11.8 Å². The number of primary amides is 1. The zero-order chi connectivity index (χ0) is 27.5. The highest BCUT2D eigenvalue weighted by Crippen LogP contribution is 2.53. The molecule has 1 saturated carbocycles. The molecule has 1 fully saturated rings. The molecule has 2 aromatic carbocycles. The van der Waals surface area contributed by atoms with Gasteiger partial charge in [0.2, 0.25) is 5.78 Å². The standard InChI is InChI=1S/C29H26N2O7/c1-31(2)19-12-15(9-8-14-6-4-3-5-7-14)24(33)22-18(19)11-16-10-17-13-20(32)23(28(30)37)27(36)29(17,38)26(35)21(16)25(22)34/h3-7,12,16-17,33-34,36,38H,10-11,13H2,1-2H3,(H2,30,37)/t16-,17+,29+/m1/s1. The first-order valence-corrected chi connectivity index (χ1v) is 12.1. The van der Waals surface area contributed by atoms with Crippen molar-refractivity contribution in [3.8, 4) is 17.6 Å². The molecule has 6 N–H and O–H groups in total. The van der Waals surface area contributed by atoms with Crippen molar-refractivity contribution in [1.82, 2.24) is 0 Å². The maximum atomic E-state index is 13.7. The first-order chi connectivity index (χ1) is 18.0. The van der Waals surface area contributed by atoms with E-state index in [4.69, 9.17) is 5.73 Å². The fourth-order valence-corrected chi connectivity index (χ4v) is 5.82. The second kappa shape index (κ2) is 8.78. The Morgan fingerprint density at radius 2 is 1.76 bits per heavy atom. The molecule has 38 heavy (non-hydrogen) atoms. The summed E-state index contributed by atoms with van der Waals surface area (Å²) in [7, 11) is 3.60. The Morgan fingerprint density at radius 3 is 2.39 bits per heavy atom. The third-order valence-corrected chi connectivity index (χ3v) is 7.64. The van der Waals surface area contributed by atoms with Gasteiger partial charge in [0.15, 0.2) is 11.4 Å². The second-order valence-electron chi connectivity index (χ2n) is 10.1. The number of phenolic OH excluding ortho intramolecular Hbond substituents is 1. The van der Waals surface area contributed by atoms with Crippen molar-refractivity contribution in [3.63, 3.8) is 0 Å². The zero-order valence-corrected chi connectivity index (χ0v) is 20.8. The Hall–Kier alpha value is -4.55. The molecule has 3 atom stereocenters. The monoisotopic (exact) mass is 514 g/mol. The van der Waals surface area contributed by atoms with Crippen LogP contribution in [0, 0.1) is 23.7 Å². The first-order valence-electron chi connectivity index (χ1n) is 12.1. The number of nitrogens with two attached hydrogens (primary N) is 1. The van der Waals surface area contributed by atoms with E-state index in [0.29, 0.717) is 16.8 Å². The molecule has 0 aromatic heterocycles. The Morgan fingerprint density at radius 1 is 1.08 bits per heavy atom. The van der Waals surface area contributed by atoms with Gasteiger partial charge in [0.05, 0.1) is 11.1 Å². The Balaban J connectivity index is 1.71. The quantitative estimate of drug-likeness (QED) is 0.300. The van der Waals surface area contributed by atoms with E-state index < -0.39 is 52.0 Å². The molecule has 9 heteroatoms. The van der Waals surface area contributed by atoms with Crippen molar-refractivity contribution >= 4 is 28.9 Å². The molecule has 3 aliphatic rings. The van der Waals surface area contributed by atoms with Crippen molar-refractivity contribution in [2.24, 2.45) is 17.6 Å². The van der Waals surface area contributed by atoms with Gasteiger partial charge in [-0.1, -0.05) is 30.0 Å². The lowest BCUT2D eigenvalue weighted by atomic mass is 9.59. The predicted molar refractivity (Wildman–Crippen MR) is 138 cm³/mol. The molecule has 0 heterocycles. The lowest BCUT2D eigenvalue weighted by Gasteiger charge is -2.46. The summed E-state index contributed by atoms with van der Waals surface area (Å²) in [5.74, 6) is -0.702. The van der Waals surface area contributed by atoms with Crippen LogP contribution in [-0.4, -0.2) is 57.6 Å². The van der Waals surface area contributed by atoms with Gasteiger partial charge in [-0.3, -0.25) is 14.4 Å². The van der Waals surface area contributed by atoms with Gasteiger partial charge in [-0.05, 0) is 42.5 Å². The predicted octanol–water partition coefficient (Wildman–Crippen LogP) is 1.89. The molecular formula is C29H26N2O7. The van der Waals surface area contributed by atoms with E-state index in [1.165, 1.54) is 0 Å². The Labute approximate surface area is 218 Å². The third kappa shape index (κ3) is 3.56. The first kappa shape index (κ1) is 25.1. The van der Waals surface area contributed by atoms with Crippen molar-refractivity contribution in [3.05, 3.63) is 75.6 Å². The molecule has 3 aliphatic carbocycles. The number of phenols is 1. The number of rotatable bonds is 2. The van der Waals surface area contributed by atoms with Crippen LogP contribution in [0.3, 0.4) is 0 Å². The van der Waals surface area contributed by atoms with Crippen molar-refractivity contribution in [2.45, 2.75) is 24.9 Å². The minimum atomic E-state index is -2.60. The van der Waals surface area contributed by atoms with Gasteiger partial charge >= 0.3 is 0 Å². The molecule has 0 radical (unpaired) electrons. The second-order valence-corrected chi connectivity index (χ2v) is 10.1. The maximum Gasteiger partial charge on any atom is 0.255 e. The van der Waals surface area contributed by atoms with Gasteiger partial charge in [0.25, 0.3) is 5.91 Å². The average molecular weight is 515 g/mol.